The maximum absolute atomic E-state index is 11.2. The molecule has 7 nitrogen and oxygen atoms in total. The van der Waals surface area contributed by atoms with Crippen molar-refractivity contribution in [1.29, 1.82) is 0 Å². The van der Waals surface area contributed by atoms with Crippen LogP contribution in [0.25, 0.3) is 0 Å². The van der Waals surface area contributed by atoms with Crippen molar-refractivity contribution in [2.75, 3.05) is 0 Å². The molecule has 1 aromatic heterocycles. The Morgan fingerprint density at radius 3 is 2.65 bits per heavy atom. The van der Waals surface area contributed by atoms with Crippen LogP contribution in [-0.4, -0.2) is 27.9 Å². The number of oxime groups is 1. The first-order valence-corrected chi connectivity index (χ1v) is 8.01. The van der Waals surface area contributed by atoms with E-state index in [2.05, 4.69) is 15.1 Å². The fourth-order valence-electron chi connectivity index (χ4n) is 2.87. The molecular weight excluding hydrogens is 296 g/mol. The number of nitrogens with two attached hydrogens (primary N) is 1. The Morgan fingerprint density at radius 1 is 1.39 bits per heavy atom. The Bertz CT molecular complexity index is 529. The highest BCUT2D eigenvalue weighted by Crippen LogP contribution is 2.32. The number of amides is 1. The van der Waals surface area contributed by atoms with Crippen molar-refractivity contribution in [2.45, 2.75) is 52.1 Å². The molecule has 0 spiro atoms. The van der Waals surface area contributed by atoms with Gasteiger partial charge in [-0.1, -0.05) is 24.9 Å². The van der Waals surface area contributed by atoms with E-state index in [-0.39, 0.29) is 18.0 Å². The van der Waals surface area contributed by atoms with E-state index in [0.717, 1.165) is 18.6 Å². The van der Waals surface area contributed by atoms with Crippen LogP contribution in [0.15, 0.2) is 23.6 Å². The van der Waals surface area contributed by atoms with Gasteiger partial charge in [0.2, 0.25) is 0 Å². The zero-order chi connectivity index (χ0) is 16.7. The van der Waals surface area contributed by atoms with Crippen LogP contribution in [0.4, 0.5) is 4.79 Å². The molecule has 0 radical (unpaired) electrons. The third-order valence-corrected chi connectivity index (χ3v) is 4.31. The summed E-state index contributed by atoms with van der Waals surface area (Å²) in [4.78, 5) is 24.3. The van der Waals surface area contributed by atoms with Crippen LogP contribution in [0.2, 0.25) is 0 Å². The van der Waals surface area contributed by atoms with Crippen LogP contribution < -0.4 is 10.6 Å². The van der Waals surface area contributed by atoms with Crippen molar-refractivity contribution in [1.82, 2.24) is 9.97 Å². The molecule has 1 saturated carbocycles. The zero-order valence-electron chi connectivity index (χ0n) is 13.6. The molecule has 1 aromatic rings. The molecule has 1 amide bonds. The largest absolute Gasteiger partial charge is 0.446 e. The second-order valence-electron chi connectivity index (χ2n) is 6.01. The topological polar surface area (TPSA) is 99.7 Å². The molecule has 0 saturated heterocycles. The number of carbonyl (C=O) groups is 1. The second kappa shape index (κ2) is 8.45. The number of carbonyl (C=O) groups excluding carboxylic acids is 1. The van der Waals surface area contributed by atoms with Gasteiger partial charge in [-0.15, -0.1) is 0 Å². The average molecular weight is 320 g/mol. The van der Waals surface area contributed by atoms with E-state index in [1.165, 1.54) is 12.8 Å². The Labute approximate surface area is 136 Å². The maximum atomic E-state index is 11.2. The summed E-state index contributed by atoms with van der Waals surface area (Å²) >= 11 is 0. The molecule has 23 heavy (non-hydrogen) atoms. The van der Waals surface area contributed by atoms with Crippen LogP contribution >= 0.6 is 0 Å². The van der Waals surface area contributed by atoms with Crippen LogP contribution in [-0.2, 0) is 4.74 Å². The number of rotatable bonds is 7. The Kier molecular flexibility index (Phi) is 6.31. The maximum Gasteiger partial charge on any atom is 0.404 e. The summed E-state index contributed by atoms with van der Waals surface area (Å²) in [6, 6.07) is 1.92. The van der Waals surface area contributed by atoms with Gasteiger partial charge < -0.3 is 15.3 Å². The third-order valence-electron chi connectivity index (χ3n) is 4.31. The quantitative estimate of drug-likeness (QED) is 0.615. The van der Waals surface area contributed by atoms with Gasteiger partial charge in [-0.3, -0.25) is 0 Å². The zero-order valence-corrected chi connectivity index (χ0v) is 13.6. The first kappa shape index (κ1) is 17.2. The number of hydrogen-bond acceptors (Lipinski definition) is 6. The van der Waals surface area contributed by atoms with E-state index in [1.54, 1.807) is 18.5 Å². The predicted octanol–water partition coefficient (Wildman–Crippen LogP) is 2.91. The Balaban J connectivity index is 1.93. The summed E-state index contributed by atoms with van der Waals surface area (Å²) in [5, 5.41) is 4.07. The van der Waals surface area contributed by atoms with Crippen LogP contribution in [0.1, 0.15) is 46.0 Å². The van der Waals surface area contributed by atoms with Gasteiger partial charge in [0, 0.05) is 18.3 Å². The smallest absolute Gasteiger partial charge is 0.404 e. The summed E-state index contributed by atoms with van der Waals surface area (Å²) in [7, 11) is 0. The van der Waals surface area contributed by atoms with Crippen molar-refractivity contribution < 1.29 is 14.4 Å². The molecule has 1 heterocycles. The standard InChI is InChI=1S/C16H24N4O3/c1-11(12(2)20-23-16-18-8-5-9-19-16)10-14(22-15(17)21)13-6-3-4-7-13/h5,8-9,11,13-14H,3-4,6-7,10H2,1-2H3,(H2,17,21)/b20-12+/t11-,14+/m0/s1. The van der Waals surface area contributed by atoms with Crippen LogP contribution in [0.3, 0.4) is 0 Å². The first-order valence-electron chi connectivity index (χ1n) is 8.01. The molecule has 0 unspecified atom stereocenters. The minimum absolute atomic E-state index is 0.101. The lowest BCUT2D eigenvalue weighted by molar-refractivity contribution is 0.0594. The Hall–Kier alpha value is -2.18. The average Bonchev–Trinajstić information content (AvgIpc) is 3.07. The molecule has 0 bridgehead atoms. The van der Waals surface area contributed by atoms with E-state index < -0.39 is 6.09 Å². The van der Waals surface area contributed by atoms with Gasteiger partial charge in [0.15, 0.2) is 0 Å². The Morgan fingerprint density at radius 2 is 2.04 bits per heavy atom. The van der Waals surface area contributed by atoms with Gasteiger partial charge in [0.05, 0.1) is 5.71 Å². The first-order chi connectivity index (χ1) is 11.1. The van der Waals surface area contributed by atoms with Crippen molar-refractivity contribution in [3.05, 3.63) is 18.5 Å². The highest BCUT2D eigenvalue weighted by molar-refractivity contribution is 5.83. The molecular formula is C16H24N4O3. The number of aromatic nitrogens is 2. The minimum Gasteiger partial charge on any atom is -0.446 e. The normalized spacial score (nSPS) is 18.4. The van der Waals surface area contributed by atoms with Gasteiger partial charge in [-0.2, -0.15) is 0 Å². The fraction of sp³-hybridized carbons (Fsp3) is 0.625. The van der Waals surface area contributed by atoms with E-state index in [4.69, 9.17) is 15.3 Å². The molecule has 0 aromatic carbocycles. The van der Waals surface area contributed by atoms with Crippen molar-refractivity contribution in [2.24, 2.45) is 22.7 Å². The molecule has 1 aliphatic carbocycles. The minimum atomic E-state index is -0.711. The summed E-state index contributed by atoms with van der Waals surface area (Å²) in [6.07, 6.45) is 7.51. The van der Waals surface area contributed by atoms with E-state index in [1.807, 2.05) is 13.8 Å². The SMILES string of the molecule is C/C(=N\Oc1ncccn1)[C@@H](C)C[C@@H](OC(N)=O)C1CCCC1. The number of primary amides is 1. The summed E-state index contributed by atoms with van der Waals surface area (Å²) in [6.45, 7) is 3.91. The molecule has 2 rings (SSSR count). The molecule has 2 atom stereocenters. The van der Waals surface area contributed by atoms with E-state index in [0.29, 0.717) is 12.3 Å². The van der Waals surface area contributed by atoms with Crippen molar-refractivity contribution >= 4 is 11.8 Å². The number of hydrogen-bond donors (Lipinski definition) is 1. The molecule has 2 N–H and O–H groups in total. The van der Waals surface area contributed by atoms with Crippen LogP contribution in [0, 0.1) is 11.8 Å². The highest BCUT2D eigenvalue weighted by Gasteiger charge is 2.29. The molecule has 0 aliphatic heterocycles. The molecule has 7 heteroatoms. The number of ether oxygens (including phenoxy) is 1. The summed E-state index contributed by atoms with van der Waals surface area (Å²) in [5.74, 6) is 0.486. The molecule has 126 valence electrons. The van der Waals surface area contributed by atoms with Gasteiger partial charge in [0.1, 0.15) is 6.10 Å². The van der Waals surface area contributed by atoms with Gasteiger partial charge in [-0.25, -0.2) is 14.8 Å². The van der Waals surface area contributed by atoms with Crippen molar-refractivity contribution in [3.8, 4) is 6.01 Å². The molecule has 1 aliphatic rings. The molecule has 1 fully saturated rings. The highest BCUT2D eigenvalue weighted by atomic mass is 16.6. The third kappa shape index (κ3) is 5.50. The lowest BCUT2D eigenvalue weighted by atomic mass is 9.90. The fourth-order valence-corrected chi connectivity index (χ4v) is 2.87. The van der Waals surface area contributed by atoms with E-state index >= 15 is 0 Å². The van der Waals surface area contributed by atoms with Gasteiger partial charge >= 0.3 is 12.1 Å². The lowest BCUT2D eigenvalue weighted by Crippen LogP contribution is -2.31. The lowest BCUT2D eigenvalue weighted by Gasteiger charge is -2.25. The summed E-state index contributed by atoms with van der Waals surface area (Å²) < 4.78 is 5.34. The summed E-state index contributed by atoms with van der Waals surface area (Å²) in [5.41, 5.74) is 6.01. The van der Waals surface area contributed by atoms with Gasteiger partial charge in [-0.05, 0) is 38.2 Å². The van der Waals surface area contributed by atoms with Crippen molar-refractivity contribution in [3.63, 3.8) is 0 Å². The van der Waals surface area contributed by atoms with Crippen LogP contribution in [0.5, 0.6) is 6.01 Å². The second-order valence-corrected chi connectivity index (χ2v) is 6.01. The monoisotopic (exact) mass is 320 g/mol. The number of nitrogens with zero attached hydrogens (tertiary/aromatic N) is 3. The van der Waals surface area contributed by atoms with Gasteiger partial charge in [0.25, 0.3) is 0 Å². The predicted molar refractivity (Wildman–Crippen MR) is 86.0 cm³/mol. The van der Waals surface area contributed by atoms with E-state index in [9.17, 15) is 4.79 Å².